The third-order valence-corrected chi connectivity index (χ3v) is 5.41. The molecule has 0 unspecified atom stereocenters. The molecule has 0 radical (unpaired) electrons. The van der Waals surface area contributed by atoms with Crippen molar-refractivity contribution in [1.29, 1.82) is 0 Å². The lowest BCUT2D eigenvalue weighted by Crippen LogP contribution is -2.41. The molecule has 2 aromatic carbocycles. The van der Waals surface area contributed by atoms with Gasteiger partial charge in [0.05, 0.1) is 0 Å². The summed E-state index contributed by atoms with van der Waals surface area (Å²) in [5.74, 6) is 0.0561. The Morgan fingerprint density at radius 1 is 1.23 bits per heavy atom. The molecule has 1 atom stereocenters. The Morgan fingerprint density at radius 3 is 2.65 bits per heavy atom. The van der Waals surface area contributed by atoms with Crippen molar-refractivity contribution in [2.45, 2.75) is 31.2 Å². The molecule has 1 aliphatic rings. The van der Waals surface area contributed by atoms with Crippen LogP contribution in [0.2, 0.25) is 5.02 Å². The number of phenols is 1. The summed E-state index contributed by atoms with van der Waals surface area (Å²) in [5, 5.41) is 10.5. The summed E-state index contributed by atoms with van der Waals surface area (Å²) in [4.78, 5) is 14.8. The predicted octanol–water partition coefficient (Wildman–Crippen LogP) is 4.21. The van der Waals surface area contributed by atoms with Crippen molar-refractivity contribution in [1.82, 2.24) is 4.90 Å². The molecule has 2 aromatic rings. The number of carbonyl (C=O) groups is 1. The van der Waals surface area contributed by atoms with E-state index in [1.165, 1.54) is 0 Å². The molecule has 0 aromatic heterocycles. The minimum absolute atomic E-state index is 0.0742. The SMILES string of the molecule is CN(C(=O)C[C@H](c1cccc(O)c1)c1ccccc1Cl)C1CCOCC1. The summed E-state index contributed by atoms with van der Waals surface area (Å²) < 4.78 is 5.40. The van der Waals surface area contributed by atoms with Gasteiger partial charge >= 0.3 is 0 Å². The van der Waals surface area contributed by atoms with Crippen LogP contribution in [0.15, 0.2) is 48.5 Å². The predicted molar refractivity (Wildman–Crippen MR) is 103 cm³/mol. The largest absolute Gasteiger partial charge is 0.508 e. The molecule has 5 heteroatoms. The Kier molecular flexibility index (Phi) is 6.17. The number of carbonyl (C=O) groups excluding carboxylic acids is 1. The normalized spacial score (nSPS) is 16.2. The van der Waals surface area contributed by atoms with Gasteiger partial charge in [0.1, 0.15) is 5.75 Å². The maximum atomic E-state index is 13.0. The van der Waals surface area contributed by atoms with Crippen LogP contribution in [0.3, 0.4) is 0 Å². The average Bonchev–Trinajstić information content (AvgIpc) is 2.66. The van der Waals surface area contributed by atoms with E-state index in [2.05, 4.69) is 0 Å². The van der Waals surface area contributed by atoms with Gasteiger partial charge in [-0.25, -0.2) is 0 Å². The average molecular weight is 374 g/mol. The Hall–Kier alpha value is -2.04. The van der Waals surface area contributed by atoms with Gasteiger partial charge in [0, 0.05) is 43.7 Å². The number of hydrogen-bond donors (Lipinski definition) is 1. The van der Waals surface area contributed by atoms with Gasteiger partial charge in [-0.1, -0.05) is 41.9 Å². The topological polar surface area (TPSA) is 49.8 Å². The molecule has 1 saturated heterocycles. The molecular formula is C21H24ClNO3. The minimum Gasteiger partial charge on any atom is -0.508 e. The zero-order chi connectivity index (χ0) is 18.5. The molecule has 0 saturated carbocycles. The fraction of sp³-hybridized carbons (Fsp3) is 0.381. The van der Waals surface area contributed by atoms with Gasteiger partial charge in [0.15, 0.2) is 0 Å². The van der Waals surface area contributed by atoms with E-state index in [4.69, 9.17) is 16.3 Å². The molecule has 3 rings (SSSR count). The van der Waals surface area contributed by atoms with Crippen molar-refractivity contribution in [3.8, 4) is 5.75 Å². The standard InChI is InChI=1S/C21H24ClNO3/c1-23(16-9-11-26-12-10-16)21(25)14-19(15-5-4-6-17(24)13-15)18-7-2-3-8-20(18)22/h2-8,13,16,19,24H,9-12,14H2,1H3/t19-/m1/s1. The van der Waals surface area contributed by atoms with Crippen LogP contribution in [0.25, 0.3) is 0 Å². The van der Waals surface area contributed by atoms with Crippen molar-refractivity contribution in [3.05, 3.63) is 64.7 Å². The molecule has 1 heterocycles. The van der Waals surface area contributed by atoms with Crippen molar-refractivity contribution in [3.63, 3.8) is 0 Å². The second-order valence-corrected chi connectivity index (χ2v) is 7.13. The lowest BCUT2D eigenvalue weighted by atomic mass is 9.87. The summed E-state index contributed by atoms with van der Waals surface area (Å²) in [7, 11) is 1.87. The Balaban J connectivity index is 1.86. The third kappa shape index (κ3) is 4.37. The van der Waals surface area contributed by atoms with E-state index in [1.54, 1.807) is 18.2 Å². The van der Waals surface area contributed by atoms with Gasteiger partial charge in [-0.2, -0.15) is 0 Å². The van der Waals surface area contributed by atoms with Gasteiger partial charge in [0.2, 0.25) is 5.91 Å². The van der Waals surface area contributed by atoms with Crippen molar-refractivity contribution in [2.75, 3.05) is 20.3 Å². The maximum absolute atomic E-state index is 13.0. The van der Waals surface area contributed by atoms with Crippen LogP contribution in [0.5, 0.6) is 5.75 Å². The Morgan fingerprint density at radius 2 is 1.96 bits per heavy atom. The molecule has 0 bridgehead atoms. The van der Waals surface area contributed by atoms with Crippen LogP contribution < -0.4 is 0 Å². The van der Waals surface area contributed by atoms with Crippen molar-refractivity contribution in [2.24, 2.45) is 0 Å². The van der Waals surface area contributed by atoms with E-state index in [0.29, 0.717) is 24.7 Å². The summed E-state index contributed by atoms with van der Waals surface area (Å²) in [6.07, 6.45) is 2.04. The summed E-state index contributed by atoms with van der Waals surface area (Å²) in [6, 6.07) is 14.8. The zero-order valence-electron chi connectivity index (χ0n) is 14.9. The van der Waals surface area contributed by atoms with Crippen molar-refractivity contribution < 1.29 is 14.6 Å². The highest BCUT2D eigenvalue weighted by molar-refractivity contribution is 6.31. The summed E-state index contributed by atoms with van der Waals surface area (Å²) in [5.41, 5.74) is 1.78. The second-order valence-electron chi connectivity index (χ2n) is 6.72. The monoisotopic (exact) mass is 373 g/mol. The Labute approximate surface area is 159 Å². The number of hydrogen-bond acceptors (Lipinski definition) is 3. The van der Waals surface area contributed by atoms with E-state index in [1.807, 2.05) is 42.3 Å². The highest BCUT2D eigenvalue weighted by Crippen LogP contribution is 2.35. The number of halogens is 1. The number of nitrogens with zero attached hydrogens (tertiary/aromatic N) is 1. The number of ether oxygens (including phenoxy) is 1. The first-order valence-corrected chi connectivity index (χ1v) is 9.31. The molecular weight excluding hydrogens is 350 g/mol. The van der Waals surface area contributed by atoms with E-state index < -0.39 is 0 Å². The molecule has 4 nitrogen and oxygen atoms in total. The summed E-state index contributed by atoms with van der Waals surface area (Å²) in [6.45, 7) is 1.39. The fourth-order valence-electron chi connectivity index (χ4n) is 3.50. The quantitative estimate of drug-likeness (QED) is 0.854. The first-order valence-electron chi connectivity index (χ1n) is 8.93. The lowest BCUT2D eigenvalue weighted by molar-refractivity contribution is -0.133. The molecule has 1 N–H and O–H groups in total. The molecule has 1 aliphatic heterocycles. The fourth-order valence-corrected chi connectivity index (χ4v) is 3.77. The molecule has 0 aliphatic carbocycles. The van der Waals surface area contributed by atoms with Crippen LogP contribution >= 0.6 is 11.6 Å². The van der Waals surface area contributed by atoms with E-state index in [9.17, 15) is 9.90 Å². The highest BCUT2D eigenvalue weighted by Gasteiger charge is 2.27. The van der Waals surface area contributed by atoms with Crippen LogP contribution in [0.1, 0.15) is 36.3 Å². The number of phenolic OH excluding ortho intramolecular Hbond substituents is 1. The number of rotatable bonds is 5. The van der Waals surface area contributed by atoms with Gasteiger partial charge in [0.25, 0.3) is 0 Å². The lowest BCUT2D eigenvalue weighted by Gasteiger charge is -2.32. The van der Waals surface area contributed by atoms with Gasteiger partial charge < -0.3 is 14.7 Å². The minimum atomic E-state index is -0.203. The Bertz CT molecular complexity index is 758. The molecule has 138 valence electrons. The van der Waals surface area contributed by atoms with Gasteiger partial charge in [-0.15, -0.1) is 0 Å². The van der Waals surface area contributed by atoms with Crippen LogP contribution in [-0.2, 0) is 9.53 Å². The zero-order valence-corrected chi connectivity index (χ0v) is 15.7. The van der Waals surface area contributed by atoms with Crippen LogP contribution in [0.4, 0.5) is 0 Å². The second kappa shape index (κ2) is 8.56. The number of benzene rings is 2. The highest BCUT2D eigenvalue weighted by atomic mass is 35.5. The smallest absolute Gasteiger partial charge is 0.223 e. The summed E-state index contributed by atoms with van der Waals surface area (Å²) >= 11 is 6.42. The first kappa shape index (κ1) is 18.7. The van der Waals surface area contributed by atoms with Crippen LogP contribution in [-0.4, -0.2) is 42.2 Å². The number of amides is 1. The molecule has 1 fully saturated rings. The van der Waals surface area contributed by atoms with Crippen molar-refractivity contribution >= 4 is 17.5 Å². The van der Waals surface area contributed by atoms with E-state index in [0.717, 1.165) is 24.0 Å². The maximum Gasteiger partial charge on any atom is 0.223 e. The molecule has 1 amide bonds. The van der Waals surface area contributed by atoms with E-state index >= 15 is 0 Å². The molecule has 26 heavy (non-hydrogen) atoms. The van der Waals surface area contributed by atoms with Crippen LogP contribution in [0, 0.1) is 0 Å². The third-order valence-electron chi connectivity index (χ3n) is 5.06. The molecule has 0 spiro atoms. The van der Waals surface area contributed by atoms with E-state index in [-0.39, 0.29) is 23.6 Å². The van der Waals surface area contributed by atoms with Gasteiger partial charge in [-0.3, -0.25) is 4.79 Å². The van der Waals surface area contributed by atoms with Gasteiger partial charge in [-0.05, 0) is 42.2 Å². The number of aromatic hydroxyl groups is 1. The first-order chi connectivity index (χ1) is 12.6.